The Kier molecular flexibility index (Phi) is 1.70. The summed E-state index contributed by atoms with van der Waals surface area (Å²) in [6.45, 7) is 1.85. The molecule has 2 N–H and O–H groups in total. The van der Waals surface area contributed by atoms with E-state index >= 15 is 0 Å². The molecule has 0 radical (unpaired) electrons. The molecule has 0 spiro atoms. The summed E-state index contributed by atoms with van der Waals surface area (Å²) in [7, 11) is 0. The fourth-order valence-electron chi connectivity index (χ4n) is 1.30. The van der Waals surface area contributed by atoms with Crippen molar-refractivity contribution in [1.82, 2.24) is 0 Å². The van der Waals surface area contributed by atoms with Crippen LogP contribution in [0.3, 0.4) is 0 Å². The molecule has 4 heteroatoms. The van der Waals surface area contributed by atoms with Crippen molar-refractivity contribution in [3.8, 4) is 5.75 Å². The lowest BCUT2D eigenvalue weighted by Crippen LogP contribution is -2.00. The Hall–Kier alpha value is -1.55. The fraction of sp³-hybridized carbons (Fsp3) is 0.222. The second-order valence-electron chi connectivity index (χ2n) is 2.95. The van der Waals surface area contributed by atoms with Crippen LogP contribution in [0.4, 0.5) is 5.69 Å². The molecule has 0 saturated carbocycles. The minimum absolute atomic E-state index is 0.0733. The van der Waals surface area contributed by atoms with Gasteiger partial charge in [0, 0.05) is 16.8 Å². The summed E-state index contributed by atoms with van der Waals surface area (Å²) < 4.78 is 0. The van der Waals surface area contributed by atoms with Crippen LogP contribution in [-0.4, -0.2) is 5.78 Å². The molecular weight excluding hydrogens is 170 g/mol. The molecule has 4 nitrogen and oxygen atoms in total. The largest absolute Gasteiger partial charge is 0.398 e. The molecule has 0 fully saturated rings. The summed E-state index contributed by atoms with van der Waals surface area (Å²) in [5, 5.41) is 0. The van der Waals surface area contributed by atoms with E-state index in [1.54, 1.807) is 12.1 Å². The van der Waals surface area contributed by atoms with E-state index in [4.69, 9.17) is 15.5 Å². The number of nitrogens with two attached hydrogens (primary N) is 1. The van der Waals surface area contributed by atoms with Crippen LogP contribution in [0.5, 0.6) is 5.75 Å². The van der Waals surface area contributed by atoms with Gasteiger partial charge in [0.15, 0.2) is 11.5 Å². The topological polar surface area (TPSA) is 61.6 Å². The van der Waals surface area contributed by atoms with Crippen LogP contribution in [0.2, 0.25) is 0 Å². The van der Waals surface area contributed by atoms with Crippen LogP contribution in [0.15, 0.2) is 12.1 Å². The lowest BCUT2D eigenvalue weighted by Gasteiger charge is -2.02. The SMILES string of the molecule is CC(=O)c1cc2c(cc1N)COO2. The van der Waals surface area contributed by atoms with Crippen LogP contribution < -0.4 is 10.6 Å². The van der Waals surface area contributed by atoms with E-state index < -0.39 is 0 Å². The molecular formula is C9H9NO3. The minimum Gasteiger partial charge on any atom is -0.398 e. The summed E-state index contributed by atoms with van der Waals surface area (Å²) in [6.07, 6.45) is 0. The Morgan fingerprint density at radius 2 is 2.31 bits per heavy atom. The lowest BCUT2D eigenvalue weighted by molar-refractivity contribution is -0.194. The Morgan fingerprint density at radius 1 is 1.54 bits per heavy atom. The molecule has 1 aliphatic rings. The molecule has 1 aliphatic heterocycles. The molecule has 0 amide bonds. The van der Waals surface area contributed by atoms with Crippen molar-refractivity contribution >= 4 is 11.5 Å². The highest BCUT2D eigenvalue weighted by atomic mass is 17.2. The quantitative estimate of drug-likeness (QED) is 0.401. The van der Waals surface area contributed by atoms with Gasteiger partial charge in [0.05, 0.1) is 0 Å². The highest BCUT2D eigenvalue weighted by Gasteiger charge is 2.17. The summed E-state index contributed by atoms with van der Waals surface area (Å²) in [5.41, 5.74) is 7.49. The van der Waals surface area contributed by atoms with Crippen molar-refractivity contribution in [3.05, 3.63) is 23.3 Å². The number of fused-ring (bicyclic) bond motifs is 1. The predicted molar refractivity (Wildman–Crippen MR) is 46.3 cm³/mol. The van der Waals surface area contributed by atoms with E-state index in [1.807, 2.05) is 0 Å². The molecule has 0 bridgehead atoms. The van der Waals surface area contributed by atoms with Crippen molar-refractivity contribution < 1.29 is 14.6 Å². The van der Waals surface area contributed by atoms with E-state index in [-0.39, 0.29) is 5.78 Å². The third-order valence-electron chi connectivity index (χ3n) is 1.98. The molecule has 0 unspecified atom stereocenters. The molecule has 0 saturated heterocycles. The monoisotopic (exact) mass is 179 g/mol. The first kappa shape index (κ1) is 8.07. The van der Waals surface area contributed by atoms with Crippen molar-refractivity contribution in [2.75, 3.05) is 5.73 Å². The highest BCUT2D eigenvalue weighted by molar-refractivity contribution is 5.99. The molecule has 1 heterocycles. The zero-order valence-electron chi connectivity index (χ0n) is 7.16. The van der Waals surface area contributed by atoms with E-state index in [1.165, 1.54) is 6.92 Å². The molecule has 13 heavy (non-hydrogen) atoms. The molecule has 1 aromatic rings. The molecule has 68 valence electrons. The van der Waals surface area contributed by atoms with E-state index in [0.29, 0.717) is 23.6 Å². The van der Waals surface area contributed by atoms with Gasteiger partial charge in [0.25, 0.3) is 0 Å². The van der Waals surface area contributed by atoms with Gasteiger partial charge in [-0.25, -0.2) is 0 Å². The molecule has 0 aromatic heterocycles. The van der Waals surface area contributed by atoms with Crippen molar-refractivity contribution in [3.63, 3.8) is 0 Å². The van der Waals surface area contributed by atoms with Crippen LogP contribution in [0, 0.1) is 0 Å². The third kappa shape index (κ3) is 1.25. The first-order chi connectivity index (χ1) is 6.18. The minimum atomic E-state index is -0.0733. The summed E-state index contributed by atoms with van der Waals surface area (Å²) in [6, 6.07) is 3.32. The molecule has 2 rings (SSSR count). The van der Waals surface area contributed by atoms with Crippen LogP contribution in [0.1, 0.15) is 22.8 Å². The number of anilines is 1. The zero-order valence-corrected chi connectivity index (χ0v) is 7.16. The van der Waals surface area contributed by atoms with Gasteiger partial charge in [-0.1, -0.05) is 0 Å². The van der Waals surface area contributed by atoms with Gasteiger partial charge in [-0.15, -0.1) is 0 Å². The smallest absolute Gasteiger partial charge is 0.171 e. The van der Waals surface area contributed by atoms with Gasteiger partial charge >= 0.3 is 0 Å². The normalized spacial score (nSPS) is 13.6. The first-order valence-corrected chi connectivity index (χ1v) is 3.91. The van der Waals surface area contributed by atoms with Gasteiger partial charge in [-0.05, 0) is 19.1 Å². The molecule has 1 aromatic carbocycles. The maximum absolute atomic E-state index is 11.1. The number of nitrogen functional groups attached to an aromatic ring is 1. The Morgan fingerprint density at radius 3 is 3.00 bits per heavy atom. The number of hydrogen-bond donors (Lipinski definition) is 1. The number of rotatable bonds is 1. The van der Waals surface area contributed by atoms with Gasteiger partial charge in [0.1, 0.15) is 6.61 Å². The zero-order chi connectivity index (χ0) is 9.42. The molecule has 0 atom stereocenters. The van der Waals surface area contributed by atoms with E-state index in [9.17, 15) is 4.79 Å². The number of hydrogen-bond acceptors (Lipinski definition) is 4. The Balaban J connectivity index is 2.55. The third-order valence-corrected chi connectivity index (χ3v) is 1.98. The van der Waals surface area contributed by atoms with Crippen molar-refractivity contribution in [1.29, 1.82) is 0 Å². The van der Waals surface area contributed by atoms with Crippen LogP contribution in [-0.2, 0) is 11.5 Å². The second kappa shape index (κ2) is 2.74. The summed E-state index contributed by atoms with van der Waals surface area (Å²) >= 11 is 0. The molecule has 0 aliphatic carbocycles. The van der Waals surface area contributed by atoms with Crippen LogP contribution in [0.25, 0.3) is 0 Å². The average Bonchev–Trinajstić information content (AvgIpc) is 2.48. The number of ketones is 1. The Bertz CT molecular complexity index is 373. The standard InChI is InChI=1S/C9H9NO3/c1-5(11)7-3-9-6(2-8(7)10)4-12-13-9/h2-3H,4,10H2,1H3. The predicted octanol–water partition coefficient (Wildman–Crippen LogP) is 1.30. The highest BCUT2D eigenvalue weighted by Crippen LogP contribution is 2.30. The van der Waals surface area contributed by atoms with Crippen LogP contribution >= 0.6 is 0 Å². The number of Topliss-reactive ketones (excluding diaryl/α,β-unsaturated/α-hetero) is 1. The van der Waals surface area contributed by atoms with Gasteiger partial charge in [-0.3, -0.25) is 4.79 Å². The van der Waals surface area contributed by atoms with Crippen molar-refractivity contribution in [2.45, 2.75) is 13.5 Å². The second-order valence-corrected chi connectivity index (χ2v) is 2.95. The Labute approximate surface area is 75.2 Å². The first-order valence-electron chi connectivity index (χ1n) is 3.91. The van der Waals surface area contributed by atoms with E-state index in [2.05, 4.69) is 0 Å². The number of carbonyl (C=O) groups is 1. The number of benzene rings is 1. The van der Waals surface area contributed by atoms with Crippen molar-refractivity contribution in [2.24, 2.45) is 0 Å². The fourth-order valence-corrected chi connectivity index (χ4v) is 1.30. The number of carbonyl (C=O) groups excluding carboxylic acids is 1. The summed E-state index contributed by atoms with van der Waals surface area (Å²) in [5.74, 6) is 0.509. The van der Waals surface area contributed by atoms with Gasteiger partial charge in [-0.2, -0.15) is 4.89 Å². The lowest BCUT2D eigenvalue weighted by atomic mass is 10.1. The van der Waals surface area contributed by atoms with E-state index in [0.717, 1.165) is 5.56 Å². The average molecular weight is 179 g/mol. The maximum atomic E-state index is 11.1. The summed E-state index contributed by atoms with van der Waals surface area (Å²) in [4.78, 5) is 20.7. The van der Waals surface area contributed by atoms with Gasteiger partial charge < -0.3 is 10.6 Å². The maximum Gasteiger partial charge on any atom is 0.171 e. The van der Waals surface area contributed by atoms with Gasteiger partial charge in [0.2, 0.25) is 0 Å².